The third kappa shape index (κ3) is 7.25. The van der Waals surface area contributed by atoms with Crippen molar-refractivity contribution in [1.29, 1.82) is 0 Å². The van der Waals surface area contributed by atoms with Gasteiger partial charge in [0.05, 0.1) is 10.3 Å². The minimum atomic E-state index is -3.74. The monoisotopic (exact) mass is 661 g/mol. The van der Waals surface area contributed by atoms with E-state index in [0.29, 0.717) is 24.3 Å². The summed E-state index contributed by atoms with van der Waals surface area (Å²) in [6.07, 6.45) is 5.22. The van der Waals surface area contributed by atoms with Gasteiger partial charge in [-0.1, -0.05) is 61.0 Å². The van der Waals surface area contributed by atoms with Gasteiger partial charge in [-0.15, -0.1) is 11.3 Å². The van der Waals surface area contributed by atoms with Crippen LogP contribution >= 0.6 is 11.3 Å². The molecular weight excluding hydrogens is 617 g/mol. The number of allylic oxidation sites excluding steroid dienone is 2. The van der Waals surface area contributed by atoms with Crippen LogP contribution in [0.2, 0.25) is 0 Å². The maximum atomic E-state index is 14.1. The van der Waals surface area contributed by atoms with E-state index < -0.39 is 15.4 Å². The number of thiophene rings is 1. The van der Waals surface area contributed by atoms with E-state index in [9.17, 15) is 13.2 Å². The molecule has 2 aliphatic rings. The van der Waals surface area contributed by atoms with Crippen molar-refractivity contribution >= 4 is 32.9 Å². The number of nitrogens with two attached hydrogens (primary N) is 1. The summed E-state index contributed by atoms with van der Waals surface area (Å²) in [4.78, 5) is 16.1. The Morgan fingerprint density at radius 3 is 2.61 bits per heavy atom. The van der Waals surface area contributed by atoms with E-state index in [4.69, 9.17) is 10.6 Å². The van der Waals surface area contributed by atoms with Gasteiger partial charge in [-0.05, 0) is 80.9 Å². The Balaban J connectivity index is 1.44. The number of ether oxygens (including phenoxy) is 1. The van der Waals surface area contributed by atoms with Crippen LogP contribution in [0.3, 0.4) is 0 Å². The molecule has 245 valence electrons. The molecule has 1 aliphatic carbocycles. The van der Waals surface area contributed by atoms with Crippen molar-refractivity contribution in [2.75, 3.05) is 13.1 Å². The van der Waals surface area contributed by atoms with Gasteiger partial charge in [-0.25, -0.2) is 8.42 Å². The fourth-order valence-corrected chi connectivity index (χ4v) is 9.23. The zero-order valence-corrected chi connectivity index (χ0v) is 28.9. The van der Waals surface area contributed by atoms with E-state index in [-0.39, 0.29) is 31.0 Å². The Morgan fingerprint density at radius 2 is 1.89 bits per heavy atom. The molecule has 10 heteroatoms. The Kier molecular flexibility index (Phi) is 10.4. The number of nitrogens with one attached hydrogen (secondary N) is 2. The second kappa shape index (κ2) is 14.1. The normalized spacial score (nSPS) is 18.6. The van der Waals surface area contributed by atoms with Crippen molar-refractivity contribution in [3.8, 4) is 0 Å². The molecule has 3 aromatic rings. The Morgan fingerprint density at radius 1 is 1.17 bits per heavy atom. The van der Waals surface area contributed by atoms with E-state index in [2.05, 4.69) is 30.2 Å². The summed E-state index contributed by atoms with van der Waals surface area (Å²) < 4.78 is 35.6. The Labute approximate surface area is 277 Å². The minimum Gasteiger partial charge on any atom is -0.460 e. The van der Waals surface area contributed by atoms with Crippen LogP contribution in [0.25, 0.3) is 5.57 Å². The average molecular weight is 662 g/mol. The summed E-state index contributed by atoms with van der Waals surface area (Å²) in [5.74, 6) is 5.45. The van der Waals surface area contributed by atoms with Gasteiger partial charge in [-0.2, -0.15) is 4.31 Å². The third-order valence-electron chi connectivity index (χ3n) is 9.04. The number of hydrogen-bond donors (Lipinski definition) is 3. The van der Waals surface area contributed by atoms with Gasteiger partial charge in [0.15, 0.2) is 0 Å². The molecule has 4 N–H and O–H groups in total. The van der Waals surface area contributed by atoms with Crippen LogP contribution in [0.4, 0.5) is 0 Å². The highest BCUT2D eigenvalue weighted by Crippen LogP contribution is 2.49. The van der Waals surface area contributed by atoms with E-state index in [1.54, 1.807) is 27.8 Å². The predicted octanol–water partition coefficient (Wildman–Crippen LogP) is 6.42. The average Bonchev–Trinajstić information content (AvgIpc) is 3.77. The van der Waals surface area contributed by atoms with Crippen molar-refractivity contribution < 1.29 is 17.9 Å². The van der Waals surface area contributed by atoms with Gasteiger partial charge >= 0.3 is 5.97 Å². The van der Waals surface area contributed by atoms with Crippen molar-refractivity contribution in [3.63, 3.8) is 0 Å². The highest BCUT2D eigenvalue weighted by atomic mass is 32.2. The molecule has 0 saturated heterocycles. The largest absolute Gasteiger partial charge is 0.460 e. The fraction of sp³-hybridized carbons (Fsp3) is 0.389. The summed E-state index contributed by atoms with van der Waals surface area (Å²) in [6.45, 7) is 11.6. The zero-order valence-electron chi connectivity index (χ0n) is 27.3. The lowest BCUT2D eigenvalue weighted by atomic mass is 9.75. The topological polar surface area (TPSA) is 114 Å². The number of esters is 1. The van der Waals surface area contributed by atoms with Crippen LogP contribution in [-0.4, -0.2) is 31.8 Å². The second-order valence-electron chi connectivity index (χ2n) is 12.7. The van der Waals surface area contributed by atoms with E-state index in [1.807, 2.05) is 76.4 Å². The number of sulfonamides is 1. The van der Waals surface area contributed by atoms with Gasteiger partial charge in [-0.3, -0.25) is 10.6 Å². The molecule has 0 fully saturated rings. The number of nitrogens with zero attached hydrogens (tertiary/aromatic N) is 1. The number of carbonyl (C=O) groups excluding carboxylic acids is 1. The van der Waals surface area contributed by atoms with E-state index in [1.165, 1.54) is 5.57 Å². The maximum absolute atomic E-state index is 14.1. The molecule has 1 radical (unpaired) electrons. The number of fused-ring (bicyclic) bond motifs is 2. The van der Waals surface area contributed by atoms with Gasteiger partial charge < -0.3 is 15.5 Å². The fourth-order valence-electron chi connectivity index (χ4n) is 6.15. The lowest BCUT2D eigenvalue weighted by Gasteiger charge is -2.32. The summed E-state index contributed by atoms with van der Waals surface area (Å²) in [7, 11) is -3.74. The van der Waals surface area contributed by atoms with Gasteiger partial charge in [0, 0.05) is 53.6 Å². The smallest absolute Gasteiger partial charge is 0.312 e. The highest BCUT2D eigenvalue weighted by molar-refractivity contribution is 7.89. The van der Waals surface area contributed by atoms with Crippen LogP contribution in [0, 0.1) is 24.7 Å². The molecule has 5 rings (SSSR count). The molecule has 2 heterocycles. The van der Waals surface area contributed by atoms with Crippen molar-refractivity contribution in [2.24, 2.45) is 17.2 Å². The van der Waals surface area contributed by atoms with Crippen molar-refractivity contribution in [1.82, 2.24) is 15.0 Å². The highest BCUT2D eigenvalue weighted by Gasteiger charge is 2.42. The summed E-state index contributed by atoms with van der Waals surface area (Å²) >= 11 is 1.62. The quantitative estimate of drug-likeness (QED) is 0.110. The van der Waals surface area contributed by atoms with Crippen LogP contribution in [-0.2, 0) is 32.7 Å². The summed E-state index contributed by atoms with van der Waals surface area (Å²) in [5, 5.41) is 3.19. The number of hydrogen-bond acceptors (Lipinski definition) is 8. The van der Waals surface area contributed by atoms with Gasteiger partial charge in [0.1, 0.15) is 6.61 Å². The lowest BCUT2D eigenvalue weighted by Crippen LogP contribution is -2.35. The lowest BCUT2D eigenvalue weighted by molar-refractivity contribution is -0.156. The number of carbonyl (C=O) groups is 1. The van der Waals surface area contributed by atoms with Crippen LogP contribution in [0.1, 0.15) is 72.9 Å². The summed E-state index contributed by atoms with van der Waals surface area (Å²) in [6, 6.07) is 19.0. The predicted molar refractivity (Wildman–Crippen MR) is 185 cm³/mol. The molecule has 1 aliphatic heterocycles. The molecule has 0 spiro atoms. The second-order valence-corrected chi connectivity index (χ2v) is 15.9. The first-order chi connectivity index (χ1) is 22.0. The number of rotatable bonds is 13. The number of benzene rings is 2. The van der Waals surface area contributed by atoms with Crippen LogP contribution in [0.15, 0.2) is 83.0 Å². The minimum absolute atomic E-state index is 0.0910. The van der Waals surface area contributed by atoms with E-state index >= 15 is 0 Å². The number of aryl methyl sites for hydroxylation is 1. The molecule has 2 atom stereocenters. The SMILES string of the molecule is CCN/C=C(/CC[C@H](c1cc(CN2C[C@@H](C)C3=C([CH]3)c3ccccc3S2(=O)=O)c(C)s1)C(C)(C)C(=O)OCc1ccccc1)NN. The first kappa shape index (κ1) is 33.9. The molecule has 0 amide bonds. The first-order valence-corrected chi connectivity index (χ1v) is 18.1. The van der Waals surface area contributed by atoms with Gasteiger partial charge in [0.2, 0.25) is 10.0 Å². The van der Waals surface area contributed by atoms with Crippen molar-refractivity contribution in [3.05, 3.63) is 111 Å². The molecular formula is C36H45N4O4S2. The number of hydrazine groups is 1. The van der Waals surface area contributed by atoms with Crippen molar-refractivity contribution in [2.45, 2.75) is 71.4 Å². The molecule has 1 aromatic heterocycles. The molecule has 2 aromatic carbocycles. The zero-order chi connectivity index (χ0) is 33.1. The maximum Gasteiger partial charge on any atom is 0.312 e. The molecule has 0 unspecified atom stereocenters. The molecule has 0 bridgehead atoms. The van der Waals surface area contributed by atoms with E-state index in [0.717, 1.165) is 44.3 Å². The van der Waals surface area contributed by atoms with Crippen LogP contribution in [0.5, 0.6) is 0 Å². The summed E-state index contributed by atoms with van der Waals surface area (Å²) in [5.41, 5.74) is 7.68. The Hall–Kier alpha value is -3.44. The standard InChI is InChI=1S/C36H45N4O4S2/c1-6-38-20-28(39-37)16-17-32(36(4,5)35(41)44-23-26-12-8-7-9-13-26)33-18-27(25(3)45-33)22-40-21-24(2)30-19-31(30)29-14-10-11-15-34(29)46(40,42)43/h7-15,18-20,24,32,38-39H,6,16-17,21-23,37H2,1-5H3/b28-20-/t24-,32-/m1/s1. The molecule has 0 saturated carbocycles. The van der Waals surface area contributed by atoms with Crippen LogP contribution < -0.4 is 16.6 Å². The first-order valence-electron chi connectivity index (χ1n) is 15.8. The Bertz CT molecular complexity index is 1730. The molecule has 46 heavy (non-hydrogen) atoms. The third-order valence-corrected chi connectivity index (χ3v) is 12.1. The van der Waals surface area contributed by atoms with Gasteiger partial charge in [0.25, 0.3) is 0 Å². The molecule has 8 nitrogen and oxygen atoms in total.